The highest BCUT2D eigenvalue weighted by Gasteiger charge is 2.65. The minimum atomic E-state index is -2.27. The number of ketones is 1. The van der Waals surface area contributed by atoms with E-state index in [1.54, 1.807) is 19.9 Å². The summed E-state index contributed by atoms with van der Waals surface area (Å²) in [6.45, 7) is 4.77. The molecule has 0 radical (unpaired) electrons. The molecule has 5 nitrogen and oxygen atoms in total. The third-order valence-electron chi connectivity index (χ3n) is 3.20. The van der Waals surface area contributed by atoms with E-state index in [2.05, 4.69) is 0 Å². The summed E-state index contributed by atoms with van der Waals surface area (Å²) < 4.78 is 4.82. The molecule has 3 atom stereocenters. The summed E-state index contributed by atoms with van der Waals surface area (Å²) in [5.41, 5.74) is -3.73. The van der Waals surface area contributed by atoms with Crippen molar-refractivity contribution < 1.29 is 19.4 Å². The summed E-state index contributed by atoms with van der Waals surface area (Å²) in [6.07, 6.45) is 0.134. The molecule has 1 fully saturated rings. The van der Waals surface area contributed by atoms with Crippen molar-refractivity contribution in [3.8, 4) is 6.07 Å². The van der Waals surface area contributed by atoms with Crippen LogP contribution in [0.4, 0.5) is 0 Å². The fourth-order valence-electron chi connectivity index (χ4n) is 2.18. The van der Waals surface area contributed by atoms with Gasteiger partial charge in [0.05, 0.1) is 6.61 Å². The number of nitriles is 1. The van der Waals surface area contributed by atoms with Gasteiger partial charge in [0, 0.05) is 5.92 Å². The van der Waals surface area contributed by atoms with Gasteiger partial charge in [-0.05, 0) is 20.3 Å². The van der Waals surface area contributed by atoms with Crippen LogP contribution in [0.1, 0.15) is 27.2 Å². The van der Waals surface area contributed by atoms with Gasteiger partial charge in [0.2, 0.25) is 5.60 Å². The normalized spacial score (nSPS) is 38.2. The first-order valence-corrected chi connectivity index (χ1v) is 5.18. The van der Waals surface area contributed by atoms with Crippen LogP contribution in [0, 0.1) is 22.7 Å². The molecule has 0 amide bonds. The van der Waals surface area contributed by atoms with Gasteiger partial charge in [-0.15, -0.1) is 0 Å². The summed E-state index contributed by atoms with van der Waals surface area (Å²) >= 11 is 0. The number of hydrogen-bond donors (Lipinski definition) is 1. The van der Waals surface area contributed by atoms with Crippen LogP contribution >= 0.6 is 0 Å². The Morgan fingerprint density at radius 1 is 1.75 bits per heavy atom. The highest BCUT2D eigenvalue weighted by molar-refractivity contribution is 6.01. The fourth-order valence-corrected chi connectivity index (χ4v) is 2.18. The predicted octanol–water partition coefficient (Wildman–Crippen LogP) is 0.419. The van der Waals surface area contributed by atoms with Gasteiger partial charge in [-0.2, -0.15) is 5.26 Å². The van der Waals surface area contributed by atoms with Crippen LogP contribution in [0.3, 0.4) is 0 Å². The molecule has 0 aromatic heterocycles. The second-order valence-electron chi connectivity index (χ2n) is 4.34. The van der Waals surface area contributed by atoms with E-state index in [4.69, 9.17) is 10.00 Å². The van der Waals surface area contributed by atoms with E-state index < -0.39 is 28.7 Å². The Kier molecular flexibility index (Phi) is 3.06. The Balaban J connectivity index is 3.18. The number of rotatable bonds is 2. The topological polar surface area (TPSA) is 87.4 Å². The minimum Gasteiger partial charge on any atom is -0.465 e. The molecular formula is C11H15NO4. The van der Waals surface area contributed by atoms with E-state index >= 15 is 0 Å². The summed E-state index contributed by atoms with van der Waals surface area (Å²) in [5, 5.41) is 19.0. The smallest absolute Gasteiger partial charge is 0.316 e. The highest BCUT2D eigenvalue weighted by Crippen LogP contribution is 2.47. The van der Waals surface area contributed by atoms with Gasteiger partial charge in [-0.25, -0.2) is 0 Å². The zero-order valence-corrected chi connectivity index (χ0v) is 9.61. The molecule has 1 aliphatic carbocycles. The number of carbonyl (C=O) groups excluding carboxylic acids is 2. The van der Waals surface area contributed by atoms with E-state index in [1.165, 1.54) is 6.92 Å². The molecule has 1 rings (SSSR count). The molecule has 3 unspecified atom stereocenters. The second kappa shape index (κ2) is 3.87. The zero-order valence-electron chi connectivity index (χ0n) is 9.61. The maximum Gasteiger partial charge on any atom is 0.316 e. The summed E-state index contributed by atoms with van der Waals surface area (Å²) in [5.74, 6) is -1.82. The lowest BCUT2D eigenvalue weighted by Crippen LogP contribution is -2.51. The molecule has 0 saturated heterocycles. The number of ether oxygens (including phenoxy) is 1. The minimum absolute atomic E-state index is 0.134. The Morgan fingerprint density at radius 3 is 2.75 bits per heavy atom. The molecule has 88 valence electrons. The molecule has 1 N–H and O–H groups in total. The molecule has 0 heterocycles. The van der Waals surface area contributed by atoms with Gasteiger partial charge in [0.1, 0.15) is 11.5 Å². The average Bonchev–Trinajstić information content (AvgIpc) is 2.42. The summed E-state index contributed by atoms with van der Waals surface area (Å²) in [4.78, 5) is 23.4. The lowest BCUT2D eigenvalue weighted by Gasteiger charge is -2.29. The molecule has 0 aliphatic heterocycles. The van der Waals surface area contributed by atoms with Crippen molar-refractivity contribution in [1.29, 1.82) is 5.26 Å². The number of esters is 1. The largest absolute Gasteiger partial charge is 0.465 e. The standard InChI is InChI=1S/C11H15NO4/c1-4-16-9(14)10(3)5-7(2)8(13)11(10,15)6-12/h7,15H,4-5H2,1-3H3. The van der Waals surface area contributed by atoms with Crippen LogP contribution in [0.5, 0.6) is 0 Å². The van der Waals surface area contributed by atoms with Crippen LogP contribution in [-0.4, -0.2) is 29.1 Å². The molecule has 0 spiro atoms. The molecule has 0 bridgehead atoms. The van der Waals surface area contributed by atoms with E-state index in [0.717, 1.165) is 0 Å². The van der Waals surface area contributed by atoms with Crippen molar-refractivity contribution in [1.82, 2.24) is 0 Å². The van der Waals surface area contributed by atoms with Gasteiger partial charge in [-0.3, -0.25) is 9.59 Å². The molecule has 0 aromatic rings. The Bertz CT molecular complexity index is 373. The van der Waals surface area contributed by atoms with E-state index in [-0.39, 0.29) is 13.0 Å². The molecule has 5 heteroatoms. The number of carbonyl (C=O) groups is 2. The Labute approximate surface area is 94.0 Å². The Hall–Kier alpha value is -1.41. The van der Waals surface area contributed by atoms with E-state index in [1.807, 2.05) is 0 Å². The van der Waals surface area contributed by atoms with E-state index in [9.17, 15) is 14.7 Å². The Morgan fingerprint density at radius 2 is 2.31 bits per heavy atom. The second-order valence-corrected chi connectivity index (χ2v) is 4.34. The van der Waals surface area contributed by atoms with Gasteiger partial charge in [0.15, 0.2) is 5.78 Å². The maximum atomic E-state index is 11.7. The SMILES string of the molecule is CCOC(=O)C1(C)CC(C)C(=O)C1(O)C#N. The van der Waals surface area contributed by atoms with Gasteiger partial charge in [-0.1, -0.05) is 6.92 Å². The summed E-state index contributed by atoms with van der Waals surface area (Å²) in [6, 6.07) is 1.56. The molecule has 16 heavy (non-hydrogen) atoms. The van der Waals surface area contributed by atoms with Crippen molar-refractivity contribution in [2.75, 3.05) is 6.61 Å². The summed E-state index contributed by atoms with van der Waals surface area (Å²) in [7, 11) is 0. The number of nitrogens with zero attached hydrogens (tertiary/aromatic N) is 1. The molecule has 0 aromatic carbocycles. The average molecular weight is 225 g/mol. The highest BCUT2D eigenvalue weighted by atomic mass is 16.5. The first kappa shape index (κ1) is 12.7. The van der Waals surface area contributed by atoms with Gasteiger partial charge in [0.25, 0.3) is 0 Å². The van der Waals surface area contributed by atoms with Crippen LogP contribution < -0.4 is 0 Å². The fraction of sp³-hybridized carbons (Fsp3) is 0.727. The number of Topliss-reactive ketones (excluding diaryl/α,β-unsaturated/α-hetero) is 1. The third-order valence-corrected chi connectivity index (χ3v) is 3.20. The monoisotopic (exact) mass is 225 g/mol. The van der Waals surface area contributed by atoms with Gasteiger partial charge >= 0.3 is 5.97 Å². The first-order chi connectivity index (χ1) is 7.33. The van der Waals surface area contributed by atoms with Crippen molar-refractivity contribution in [2.24, 2.45) is 11.3 Å². The third kappa shape index (κ3) is 1.41. The molecular weight excluding hydrogens is 210 g/mol. The van der Waals surface area contributed by atoms with Gasteiger partial charge < -0.3 is 9.84 Å². The van der Waals surface area contributed by atoms with Crippen LogP contribution in [0.2, 0.25) is 0 Å². The first-order valence-electron chi connectivity index (χ1n) is 5.18. The van der Waals surface area contributed by atoms with Crippen molar-refractivity contribution in [3.05, 3.63) is 0 Å². The lowest BCUT2D eigenvalue weighted by atomic mass is 9.76. The van der Waals surface area contributed by atoms with Crippen molar-refractivity contribution >= 4 is 11.8 Å². The van der Waals surface area contributed by atoms with Crippen LogP contribution in [-0.2, 0) is 14.3 Å². The quantitative estimate of drug-likeness (QED) is 0.543. The van der Waals surface area contributed by atoms with E-state index in [0.29, 0.717) is 0 Å². The number of hydrogen-bond acceptors (Lipinski definition) is 5. The van der Waals surface area contributed by atoms with Crippen LogP contribution in [0.15, 0.2) is 0 Å². The predicted molar refractivity (Wildman–Crippen MR) is 54.1 cm³/mol. The maximum absolute atomic E-state index is 11.7. The number of aliphatic hydroxyl groups is 1. The lowest BCUT2D eigenvalue weighted by molar-refractivity contribution is -0.166. The molecule has 1 saturated carbocycles. The van der Waals surface area contributed by atoms with Crippen molar-refractivity contribution in [3.63, 3.8) is 0 Å². The molecule has 1 aliphatic rings. The van der Waals surface area contributed by atoms with Crippen molar-refractivity contribution in [2.45, 2.75) is 32.8 Å². The zero-order chi connectivity index (χ0) is 12.6. The van der Waals surface area contributed by atoms with Crippen LogP contribution in [0.25, 0.3) is 0 Å².